The van der Waals surface area contributed by atoms with E-state index in [1.165, 1.54) is 0 Å². The fourth-order valence-corrected chi connectivity index (χ4v) is 3.93. The van der Waals surface area contributed by atoms with Crippen LogP contribution < -0.4 is 5.73 Å². The largest absolute Gasteiger partial charge is 0.397 e. The molecular formula is C14H18N4O3. The first-order valence-corrected chi connectivity index (χ1v) is 7.06. The number of nitrogens with two attached hydrogens (primary N) is 1. The summed E-state index contributed by atoms with van der Waals surface area (Å²) in [6.45, 7) is 1.73. The Morgan fingerprint density at radius 1 is 1.48 bits per heavy atom. The van der Waals surface area contributed by atoms with Gasteiger partial charge in [-0.1, -0.05) is 0 Å². The van der Waals surface area contributed by atoms with E-state index in [1.54, 1.807) is 17.0 Å². The zero-order chi connectivity index (χ0) is 14.9. The lowest BCUT2D eigenvalue weighted by Crippen LogP contribution is -2.35. The van der Waals surface area contributed by atoms with Crippen molar-refractivity contribution in [2.75, 3.05) is 12.3 Å². The van der Waals surface area contributed by atoms with Gasteiger partial charge in [-0.2, -0.15) is 0 Å². The molecule has 0 bridgehead atoms. The molecule has 7 heteroatoms. The van der Waals surface area contributed by atoms with Gasteiger partial charge in [0, 0.05) is 11.1 Å². The van der Waals surface area contributed by atoms with Gasteiger partial charge < -0.3 is 25.6 Å². The minimum absolute atomic E-state index is 0.0356. The normalized spacial score (nSPS) is 37.9. The first kappa shape index (κ1) is 13.0. The molecule has 2 fully saturated rings. The summed E-state index contributed by atoms with van der Waals surface area (Å²) in [7, 11) is 0. The smallest absolute Gasteiger partial charge is 0.162 e. The van der Waals surface area contributed by atoms with E-state index >= 15 is 0 Å². The van der Waals surface area contributed by atoms with E-state index in [2.05, 4.69) is 9.97 Å². The van der Waals surface area contributed by atoms with Crippen molar-refractivity contribution in [3.63, 3.8) is 0 Å². The second kappa shape index (κ2) is 3.94. The van der Waals surface area contributed by atoms with E-state index in [9.17, 15) is 15.3 Å². The molecule has 2 aromatic heterocycles. The van der Waals surface area contributed by atoms with E-state index in [4.69, 9.17) is 5.73 Å². The first-order chi connectivity index (χ1) is 9.99. The second-order valence-electron chi connectivity index (χ2n) is 6.30. The molecule has 2 saturated carbocycles. The van der Waals surface area contributed by atoms with Crippen LogP contribution in [0.25, 0.3) is 11.2 Å². The van der Waals surface area contributed by atoms with Crippen LogP contribution >= 0.6 is 0 Å². The summed E-state index contributed by atoms with van der Waals surface area (Å²) in [6, 6.07) is 1.43. The molecule has 2 aromatic rings. The number of aliphatic hydroxyl groups is 3. The molecule has 0 saturated heterocycles. The molecule has 0 amide bonds. The molecule has 5 unspecified atom stereocenters. The number of aryl methyl sites for hydroxylation is 1. The zero-order valence-electron chi connectivity index (χ0n) is 11.6. The van der Waals surface area contributed by atoms with Crippen LogP contribution in [0.1, 0.15) is 18.2 Å². The molecule has 5 atom stereocenters. The number of imidazole rings is 1. The zero-order valence-corrected chi connectivity index (χ0v) is 11.6. The fraction of sp³-hybridized carbons (Fsp3) is 0.571. The summed E-state index contributed by atoms with van der Waals surface area (Å²) < 4.78 is 1.79. The third-order valence-corrected chi connectivity index (χ3v) is 5.16. The molecule has 0 aliphatic heterocycles. The average molecular weight is 290 g/mol. The van der Waals surface area contributed by atoms with Gasteiger partial charge in [0.25, 0.3) is 0 Å². The summed E-state index contributed by atoms with van der Waals surface area (Å²) in [4.78, 5) is 8.75. The molecule has 2 aliphatic rings. The van der Waals surface area contributed by atoms with Gasteiger partial charge in [-0.25, -0.2) is 9.97 Å². The minimum atomic E-state index is -0.933. The molecule has 112 valence electrons. The minimum Gasteiger partial charge on any atom is -0.397 e. The SMILES string of the molecule is Cc1cc(N)c2ncn(C3C(O)C(O)C4(CO)CC34)c2n1. The van der Waals surface area contributed by atoms with Crippen LogP contribution in [0.4, 0.5) is 5.69 Å². The van der Waals surface area contributed by atoms with Crippen molar-refractivity contribution in [3.05, 3.63) is 18.1 Å². The van der Waals surface area contributed by atoms with Gasteiger partial charge >= 0.3 is 0 Å². The van der Waals surface area contributed by atoms with Gasteiger partial charge in [0.2, 0.25) is 0 Å². The van der Waals surface area contributed by atoms with Crippen molar-refractivity contribution in [2.24, 2.45) is 11.3 Å². The summed E-state index contributed by atoms with van der Waals surface area (Å²) >= 11 is 0. The van der Waals surface area contributed by atoms with Gasteiger partial charge in [0.15, 0.2) is 5.65 Å². The summed E-state index contributed by atoms with van der Waals surface area (Å²) in [5.74, 6) is 0.0356. The Morgan fingerprint density at radius 3 is 2.90 bits per heavy atom. The van der Waals surface area contributed by atoms with Crippen molar-refractivity contribution < 1.29 is 15.3 Å². The number of aliphatic hydroxyl groups excluding tert-OH is 3. The third-order valence-electron chi connectivity index (χ3n) is 5.16. The van der Waals surface area contributed by atoms with Crippen LogP contribution in [0.2, 0.25) is 0 Å². The van der Waals surface area contributed by atoms with Crippen LogP contribution in [-0.2, 0) is 0 Å². The van der Waals surface area contributed by atoms with Gasteiger partial charge in [-0.3, -0.25) is 0 Å². The standard InChI is InChI=1S/C14H18N4O3/c1-6-2-8(15)9-13(17-6)18(5-16-9)10-7-3-14(7,4-19)12(21)11(10)20/h2,5,7,10-12,19-21H,3-4H2,1H3,(H2,15,17). The quantitative estimate of drug-likeness (QED) is 0.597. The highest BCUT2D eigenvalue weighted by Gasteiger charge is 2.71. The molecule has 2 heterocycles. The van der Waals surface area contributed by atoms with Crippen LogP contribution in [0, 0.1) is 18.3 Å². The van der Waals surface area contributed by atoms with Crippen LogP contribution in [0.3, 0.4) is 0 Å². The van der Waals surface area contributed by atoms with E-state index < -0.39 is 17.6 Å². The number of fused-ring (bicyclic) bond motifs is 2. The van der Waals surface area contributed by atoms with Crippen LogP contribution in [-0.4, -0.2) is 48.7 Å². The molecular weight excluding hydrogens is 272 g/mol. The van der Waals surface area contributed by atoms with Crippen molar-refractivity contribution in [1.82, 2.24) is 14.5 Å². The lowest BCUT2D eigenvalue weighted by molar-refractivity contribution is -0.0300. The maximum atomic E-state index is 10.4. The number of aromatic nitrogens is 3. The predicted octanol–water partition coefficient (Wildman–Crippen LogP) is -0.403. The molecule has 21 heavy (non-hydrogen) atoms. The highest BCUT2D eigenvalue weighted by Crippen LogP contribution is 2.67. The van der Waals surface area contributed by atoms with Gasteiger partial charge in [-0.15, -0.1) is 0 Å². The number of rotatable bonds is 2. The molecule has 4 rings (SSSR count). The maximum absolute atomic E-state index is 10.4. The third kappa shape index (κ3) is 1.48. The van der Waals surface area contributed by atoms with Crippen molar-refractivity contribution >= 4 is 16.9 Å². The highest BCUT2D eigenvalue weighted by molar-refractivity contribution is 5.84. The van der Waals surface area contributed by atoms with Gasteiger partial charge in [0.1, 0.15) is 11.6 Å². The van der Waals surface area contributed by atoms with Crippen LogP contribution in [0.15, 0.2) is 12.4 Å². The number of hydrogen-bond acceptors (Lipinski definition) is 6. The molecule has 0 radical (unpaired) electrons. The van der Waals surface area contributed by atoms with Crippen molar-refractivity contribution in [1.29, 1.82) is 0 Å². The monoisotopic (exact) mass is 290 g/mol. The highest BCUT2D eigenvalue weighted by atomic mass is 16.3. The number of nitrogen functional groups attached to an aromatic ring is 1. The Labute approximate surface area is 121 Å². The number of hydrogen-bond donors (Lipinski definition) is 4. The van der Waals surface area contributed by atoms with Crippen molar-refractivity contribution in [3.8, 4) is 0 Å². The fourth-order valence-electron chi connectivity index (χ4n) is 3.93. The van der Waals surface area contributed by atoms with E-state index in [1.807, 2.05) is 6.92 Å². The summed E-state index contributed by atoms with van der Waals surface area (Å²) in [5, 5.41) is 30.1. The predicted molar refractivity (Wildman–Crippen MR) is 75.4 cm³/mol. The Morgan fingerprint density at radius 2 is 2.24 bits per heavy atom. The molecule has 0 aromatic carbocycles. The molecule has 2 aliphatic carbocycles. The van der Waals surface area contributed by atoms with E-state index in [-0.39, 0.29) is 18.6 Å². The average Bonchev–Trinajstić information content (AvgIpc) is 2.97. The Bertz CT molecular complexity index is 730. The Balaban J connectivity index is 1.85. The summed E-state index contributed by atoms with van der Waals surface area (Å²) in [5.41, 5.74) is 7.93. The number of nitrogens with zero attached hydrogens (tertiary/aromatic N) is 3. The Hall–Kier alpha value is -1.70. The van der Waals surface area contributed by atoms with E-state index in [0.29, 0.717) is 23.3 Å². The maximum Gasteiger partial charge on any atom is 0.162 e. The van der Waals surface area contributed by atoms with E-state index in [0.717, 1.165) is 5.69 Å². The first-order valence-electron chi connectivity index (χ1n) is 7.06. The number of anilines is 1. The molecule has 0 spiro atoms. The molecule has 5 N–H and O–H groups in total. The molecule has 7 nitrogen and oxygen atoms in total. The van der Waals surface area contributed by atoms with Crippen molar-refractivity contribution in [2.45, 2.75) is 31.6 Å². The number of pyridine rings is 1. The van der Waals surface area contributed by atoms with Gasteiger partial charge in [-0.05, 0) is 25.3 Å². The lowest BCUT2D eigenvalue weighted by Gasteiger charge is -2.23. The second-order valence-corrected chi connectivity index (χ2v) is 6.30. The van der Waals surface area contributed by atoms with Crippen LogP contribution in [0.5, 0.6) is 0 Å². The Kier molecular flexibility index (Phi) is 2.44. The lowest BCUT2D eigenvalue weighted by atomic mass is 10.0. The summed E-state index contributed by atoms with van der Waals surface area (Å²) in [6.07, 6.45) is 0.460. The topological polar surface area (TPSA) is 117 Å². The van der Waals surface area contributed by atoms with Gasteiger partial charge in [0.05, 0.1) is 30.8 Å².